The Morgan fingerprint density at radius 2 is 2.18 bits per heavy atom. The number of anilines is 1. The highest BCUT2D eigenvalue weighted by Crippen LogP contribution is 2.34. The Balaban J connectivity index is 1.27. The molecule has 0 radical (unpaired) electrons. The molecule has 2 atom stereocenters. The van der Waals surface area contributed by atoms with E-state index in [0.717, 1.165) is 62.3 Å². The van der Waals surface area contributed by atoms with E-state index < -0.39 is 0 Å². The minimum Gasteiger partial charge on any atom is -0.356 e. The molecule has 8 nitrogen and oxygen atoms in total. The van der Waals surface area contributed by atoms with Gasteiger partial charge in [-0.3, -0.25) is 4.79 Å². The summed E-state index contributed by atoms with van der Waals surface area (Å²) in [7, 11) is 0. The van der Waals surface area contributed by atoms with Gasteiger partial charge in [-0.25, -0.2) is 15.0 Å². The van der Waals surface area contributed by atoms with Crippen molar-refractivity contribution in [2.24, 2.45) is 5.92 Å². The van der Waals surface area contributed by atoms with Gasteiger partial charge in [0.1, 0.15) is 17.8 Å². The van der Waals surface area contributed by atoms with Crippen LogP contribution >= 0.6 is 0 Å². The van der Waals surface area contributed by atoms with Crippen molar-refractivity contribution in [1.29, 1.82) is 0 Å². The molecule has 5 rings (SSSR count). The van der Waals surface area contributed by atoms with Crippen LogP contribution in [0.5, 0.6) is 0 Å². The number of amides is 1. The van der Waals surface area contributed by atoms with E-state index in [-0.39, 0.29) is 0 Å². The van der Waals surface area contributed by atoms with Crippen LogP contribution in [0.3, 0.4) is 0 Å². The topological polar surface area (TPSA) is 82.9 Å². The first kappa shape index (κ1) is 17.2. The molecule has 2 fully saturated rings. The highest BCUT2D eigenvalue weighted by Gasteiger charge is 2.39. The second kappa shape index (κ2) is 7.26. The Morgan fingerprint density at radius 1 is 1.21 bits per heavy atom. The minimum absolute atomic E-state index is 0.315. The minimum atomic E-state index is 0.315. The van der Waals surface area contributed by atoms with E-state index in [1.54, 1.807) is 12.5 Å². The van der Waals surface area contributed by atoms with Crippen LogP contribution in [0.2, 0.25) is 0 Å². The number of carbonyl (C=O) groups excluding carboxylic acids is 1. The van der Waals surface area contributed by atoms with E-state index >= 15 is 0 Å². The van der Waals surface area contributed by atoms with Crippen molar-refractivity contribution in [2.45, 2.75) is 38.3 Å². The second-order valence-electron chi connectivity index (χ2n) is 7.78. The number of aromatic nitrogens is 5. The normalized spacial score (nSPS) is 22.6. The maximum atomic E-state index is 12.6. The average Bonchev–Trinajstić information content (AvgIpc) is 3.40. The molecule has 5 heterocycles. The third kappa shape index (κ3) is 3.12. The molecule has 0 aromatic carbocycles. The van der Waals surface area contributed by atoms with Crippen LogP contribution in [0, 0.1) is 5.92 Å². The molecule has 1 amide bonds. The number of hydrogen-bond donors (Lipinski definition) is 1. The Bertz CT molecular complexity index is 951. The predicted molar refractivity (Wildman–Crippen MR) is 106 cm³/mol. The molecule has 0 unspecified atom stereocenters. The van der Waals surface area contributed by atoms with Crippen LogP contribution in [0.15, 0.2) is 37.3 Å². The van der Waals surface area contributed by atoms with Crippen LogP contribution in [-0.4, -0.2) is 61.0 Å². The van der Waals surface area contributed by atoms with Crippen molar-refractivity contribution in [2.75, 3.05) is 24.5 Å². The summed E-state index contributed by atoms with van der Waals surface area (Å²) < 4.78 is 2.08. The number of nitrogens with one attached hydrogen (secondary N) is 1. The lowest BCUT2D eigenvalue weighted by molar-refractivity contribution is -0.139. The standard InChI is InChI=1S/C20H25N7O/c28-18-3-2-15-12-26(20-16-4-6-22-19(16)23-13-24-20)10-5-17(15)27(18)9-1-8-25-11-7-21-14-25/h4,6-7,11,13-15,17H,1-3,5,8-10,12H2,(H,22,23,24)/t15-,17+/m0/s1. The van der Waals surface area contributed by atoms with Crippen molar-refractivity contribution in [3.05, 3.63) is 37.3 Å². The monoisotopic (exact) mass is 379 g/mol. The number of fused-ring (bicyclic) bond motifs is 2. The fourth-order valence-electron chi connectivity index (χ4n) is 4.79. The zero-order chi connectivity index (χ0) is 18.9. The lowest BCUT2D eigenvalue weighted by Crippen LogP contribution is -2.56. The van der Waals surface area contributed by atoms with Crippen molar-refractivity contribution < 1.29 is 4.79 Å². The summed E-state index contributed by atoms with van der Waals surface area (Å²) in [4.78, 5) is 33.2. The molecular formula is C20H25N7O. The molecule has 0 aliphatic carbocycles. The quantitative estimate of drug-likeness (QED) is 0.734. The number of piperidine rings is 2. The summed E-state index contributed by atoms with van der Waals surface area (Å²) >= 11 is 0. The summed E-state index contributed by atoms with van der Waals surface area (Å²) in [5.74, 6) is 1.83. The van der Waals surface area contributed by atoms with Gasteiger partial charge in [0, 0.05) is 57.2 Å². The van der Waals surface area contributed by atoms with E-state index in [9.17, 15) is 4.79 Å². The van der Waals surface area contributed by atoms with Crippen molar-refractivity contribution >= 4 is 22.8 Å². The summed E-state index contributed by atoms with van der Waals surface area (Å²) in [6, 6.07) is 2.40. The third-order valence-electron chi connectivity index (χ3n) is 6.15. The van der Waals surface area contributed by atoms with Gasteiger partial charge >= 0.3 is 0 Å². The molecule has 3 aromatic heterocycles. The van der Waals surface area contributed by atoms with E-state index in [2.05, 4.69) is 34.3 Å². The zero-order valence-corrected chi connectivity index (χ0v) is 15.9. The lowest BCUT2D eigenvalue weighted by atomic mass is 9.83. The third-order valence-corrected chi connectivity index (χ3v) is 6.15. The molecule has 2 saturated heterocycles. The number of carbonyl (C=O) groups is 1. The lowest BCUT2D eigenvalue weighted by Gasteiger charge is -2.47. The number of rotatable bonds is 5. The number of nitrogens with zero attached hydrogens (tertiary/aromatic N) is 6. The molecule has 146 valence electrons. The Labute approximate surface area is 163 Å². The van der Waals surface area contributed by atoms with E-state index in [1.807, 2.05) is 24.8 Å². The van der Waals surface area contributed by atoms with Gasteiger partial charge in [-0.05, 0) is 31.2 Å². The van der Waals surface area contributed by atoms with Gasteiger partial charge < -0.3 is 19.4 Å². The molecule has 8 heteroatoms. The summed E-state index contributed by atoms with van der Waals surface area (Å²) in [5, 5.41) is 1.07. The summed E-state index contributed by atoms with van der Waals surface area (Å²) in [6.07, 6.45) is 12.7. The highest BCUT2D eigenvalue weighted by molar-refractivity contribution is 5.87. The Hall–Kier alpha value is -2.90. The van der Waals surface area contributed by atoms with Crippen LogP contribution in [0.25, 0.3) is 11.0 Å². The first-order valence-electron chi connectivity index (χ1n) is 10.1. The maximum Gasteiger partial charge on any atom is 0.222 e. The molecular weight excluding hydrogens is 354 g/mol. The van der Waals surface area contributed by atoms with Gasteiger partial charge in [0.05, 0.1) is 11.7 Å². The Kier molecular flexibility index (Phi) is 4.46. The summed E-state index contributed by atoms with van der Waals surface area (Å²) in [6.45, 7) is 3.60. The number of aromatic amines is 1. The molecule has 28 heavy (non-hydrogen) atoms. The molecule has 0 spiro atoms. The molecule has 2 aliphatic rings. The maximum absolute atomic E-state index is 12.6. The zero-order valence-electron chi connectivity index (χ0n) is 15.9. The SMILES string of the molecule is O=C1CC[C@H]2CN(c3ncnc4[nH]ccc34)CC[C@H]2N1CCCn1ccnc1. The molecule has 1 N–H and O–H groups in total. The fourth-order valence-corrected chi connectivity index (χ4v) is 4.79. The number of hydrogen-bond acceptors (Lipinski definition) is 5. The van der Waals surface area contributed by atoms with Gasteiger partial charge in [-0.1, -0.05) is 0 Å². The number of imidazole rings is 1. The van der Waals surface area contributed by atoms with Gasteiger partial charge in [-0.15, -0.1) is 0 Å². The predicted octanol–water partition coefficient (Wildman–Crippen LogP) is 2.06. The molecule has 0 bridgehead atoms. The first-order valence-corrected chi connectivity index (χ1v) is 10.1. The average molecular weight is 379 g/mol. The number of H-pyrrole nitrogens is 1. The first-order chi connectivity index (χ1) is 13.8. The van der Waals surface area contributed by atoms with Crippen molar-refractivity contribution in [3.63, 3.8) is 0 Å². The highest BCUT2D eigenvalue weighted by atomic mass is 16.2. The Morgan fingerprint density at radius 3 is 3.07 bits per heavy atom. The van der Waals surface area contributed by atoms with Crippen molar-refractivity contribution in [3.8, 4) is 0 Å². The van der Waals surface area contributed by atoms with Crippen LogP contribution in [0.1, 0.15) is 25.7 Å². The van der Waals surface area contributed by atoms with Crippen LogP contribution in [-0.2, 0) is 11.3 Å². The van der Waals surface area contributed by atoms with Crippen LogP contribution < -0.4 is 4.90 Å². The van der Waals surface area contributed by atoms with Gasteiger partial charge in [-0.2, -0.15) is 0 Å². The largest absolute Gasteiger partial charge is 0.356 e. The van der Waals surface area contributed by atoms with Crippen molar-refractivity contribution in [1.82, 2.24) is 29.4 Å². The van der Waals surface area contributed by atoms with Gasteiger partial charge in [0.25, 0.3) is 0 Å². The molecule has 0 saturated carbocycles. The molecule has 2 aliphatic heterocycles. The van der Waals surface area contributed by atoms with Crippen LogP contribution in [0.4, 0.5) is 5.82 Å². The second-order valence-corrected chi connectivity index (χ2v) is 7.78. The number of aryl methyl sites for hydroxylation is 1. The number of likely N-dealkylation sites (tertiary alicyclic amines) is 1. The van der Waals surface area contributed by atoms with E-state index in [1.165, 1.54) is 0 Å². The van der Waals surface area contributed by atoms with E-state index in [4.69, 9.17) is 0 Å². The summed E-state index contributed by atoms with van der Waals surface area (Å²) in [5.41, 5.74) is 0.882. The van der Waals surface area contributed by atoms with Gasteiger partial charge in [0.2, 0.25) is 5.91 Å². The van der Waals surface area contributed by atoms with Gasteiger partial charge in [0.15, 0.2) is 0 Å². The molecule has 3 aromatic rings. The fraction of sp³-hybridized carbons (Fsp3) is 0.500. The smallest absolute Gasteiger partial charge is 0.222 e. The van der Waals surface area contributed by atoms with E-state index in [0.29, 0.717) is 24.3 Å².